The Balaban J connectivity index is 3.57. The molecule has 3 heteroatoms. The second-order valence-electron chi connectivity index (χ2n) is 3.08. The van der Waals surface area contributed by atoms with Crippen molar-refractivity contribution >= 4 is 5.97 Å². The summed E-state index contributed by atoms with van der Waals surface area (Å²) in [5.74, 6) is -0.314. The van der Waals surface area contributed by atoms with E-state index in [4.69, 9.17) is 9.47 Å². The van der Waals surface area contributed by atoms with Gasteiger partial charge in [0, 0.05) is 0 Å². The number of carbonyl (C=O) groups excluding carboxylic acids is 1. The molecule has 1 atom stereocenters. The first-order valence-corrected chi connectivity index (χ1v) is 4.50. The van der Waals surface area contributed by atoms with Gasteiger partial charge in [0.2, 0.25) is 0 Å². The van der Waals surface area contributed by atoms with Crippen molar-refractivity contribution in [2.45, 2.75) is 39.9 Å². The lowest BCUT2D eigenvalue weighted by molar-refractivity contribution is -0.153. The van der Waals surface area contributed by atoms with Crippen LogP contribution in [0.4, 0.5) is 0 Å². The van der Waals surface area contributed by atoms with E-state index in [2.05, 4.69) is 0 Å². The molecule has 0 spiro atoms. The molecule has 0 aromatic rings. The number of hydrogen-bond acceptors (Lipinski definition) is 3. The van der Waals surface area contributed by atoms with E-state index in [1.807, 2.05) is 39.8 Å². The average Bonchev–Trinajstić information content (AvgIpc) is 2.00. The smallest absolute Gasteiger partial charge is 0.332 e. The van der Waals surface area contributed by atoms with Crippen molar-refractivity contribution in [2.75, 3.05) is 6.61 Å². The van der Waals surface area contributed by atoms with Crippen molar-refractivity contribution in [3.8, 4) is 0 Å². The van der Waals surface area contributed by atoms with Gasteiger partial charge >= 0.3 is 5.97 Å². The van der Waals surface area contributed by atoms with E-state index in [0.717, 1.165) is 0 Å². The van der Waals surface area contributed by atoms with Crippen LogP contribution in [0.5, 0.6) is 0 Å². The van der Waals surface area contributed by atoms with Gasteiger partial charge in [-0.3, -0.25) is 0 Å². The van der Waals surface area contributed by atoms with Gasteiger partial charge in [0.1, 0.15) is 6.61 Å². The van der Waals surface area contributed by atoms with Crippen molar-refractivity contribution in [3.05, 3.63) is 12.2 Å². The minimum atomic E-state index is -0.314. The minimum Gasteiger partial charge on any atom is -0.461 e. The van der Waals surface area contributed by atoms with Crippen molar-refractivity contribution in [1.82, 2.24) is 0 Å². The fourth-order valence-electron chi connectivity index (χ4n) is 0.823. The highest BCUT2D eigenvalue weighted by atomic mass is 16.6. The van der Waals surface area contributed by atoms with Crippen LogP contribution in [-0.4, -0.2) is 24.8 Å². The Bertz CT molecular complexity index is 173. The van der Waals surface area contributed by atoms with E-state index >= 15 is 0 Å². The molecule has 13 heavy (non-hydrogen) atoms. The molecule has 3 nitrogen and oxygen atoms in total. The molecule has 0 N–H and O–H groups in total. The van der Waals surface area contributed by atoms with Crippen molar-refractivity contribution in [2.24, 2.45) is 0 Å². The first-order chi connectivity index (χ1) is 6.06. The Morgan fingerprint density at radius 2 is 2.00 bits per heavy atom. The topological polar surface area (TPSA) is 35.5 Å². The number of esters is 1. The molecular weight excluding hydrogens is 168 g/mol. The lowest BCUT2D eigenvalue weighted by atomic mass is 10.3. The van der Waals surface area contributed by atoms with E-state index in [9.17, 15) is 4.79 Å². The molecule has 0 aliphatic carbocycles. The highest BCUT2D eigenvalue weighted by molar-refractivity contribution is 5.70. The Labute approximate surface area is 79.7 Å². The first kappa shape index (κ1) is 12.2. The zero-order valence-corrected chi connectivity index (χ0v) is 8.74. The molecule has 0 amide bonds. The summed E-state index contributed by atoms with van der Waals surface area (Å²) in [4.78, 5) is 11.0. The number of hydrogen-bond donors (Lipinski definition) is 0. The maximum atomic E-state index is 11.0. The van der Waals surface area contributed by atoms with Crippen LogP contribution in [0.15, 0.2) is 12.2 Å². The molecule has 0 bridgehead atoms. The Morgan fingerprint density at radius 3 is 2.46 bits per heavy atom. The van der Waals surface area contributed by atoms with E-state index in [1.165, 1.54) is 0 Å². The molecule has 0 aromatic heterocycles. The summed E-state index contributed by atoms with van der Waals surface area (Å²) in [6.45, 7) is 7.43. The highest BCUT2D eigenvalue weighted by Crippen LogP contribution is 1.95. The molecule has 0 rings (SSSR count). The molecule has 0 unspecified atom stereocenters. The zero-order chi connectivity index (χ0) is 10.3. The summed E-state index contributed by atoms with van der Waals surface area (Å²) >= 11 is 0. The van der Waals surface area contributed by atoms with Gasteiger partial charge in [-0.05, 0) is 27.7 Å². The molecular formula is C10H18O3. The van der Waals surface area contributed by atoms with Crippen molar-refractivity contribution < 1.29 is 14.3 Å². The third-order valence-corrected chi connectivity index (χ3v) is 1.29. The SMILES string of the molecule is C/C=C/[C@H](C)OCC(=O)OC(C)C. The van der Waals surface area contributed by atoms with E-state index in [1.54, 1.807) is 0 Å². The van der Waals surface area contributed by atoms with Gasteiger partial charge in [-0.1, -0.05) is 12.2 Å². The van der Waals surface area contributed by atoms with Crippen LogP contribution in [0.1, 0.15) is 27.7 Å². The normalized spacial score (nSPS) is 13.6. The van der Waals surface area contributed by atoms with Gasteiger partial charge in [-0.15, -0.1) is 0 Å². The predicted molar refractivity (Wildman–Crippen MR) is 51.5 cm³/mol. The molecule has 0 radical (unpaired) electrons. The molecule has 0 aliphatic rings. The molecule has 0 heterocycles. The predicted octanol–water partition coefficient (Wildman–Crippen LogP) is 1.92. The van der Waals surface area contributed by atoms with Crippen LogP contribution in [0.2, 0.25) is 0 Å². The summed E-state index contributed by atoms with van der Waals surface area (Å²) in [5.41, 5.74) is 0. The maximum absolute atomic E-state index is 11.0. The molecule has 76 valence electrons. The molecule has 0 fully saturated rings. The fraction of sp³-hybridized carbons (Fsp3) is 0.700. The van der Waals surface area contributed by atoms with Gasteiger partial charge < -0.3 is 9.47 Å². The molecule has 0 saturated carbocycles. The van der Waals surface area contributed by atoms with Crippen LogP contribution < -0.4 is 0 Å². The van der Waals surface area contributed by atoms with Crippen LogP contribution in [0.3, 0.4) is 0 Å². The van der Waals surface area contributed by atoms with Crippen LogP contribution >= 0.6 is 0 Å². The average molecular weight is 186 g/mol. The number of carbonyl (C=O) groups is 1. The summed E-state index contributed by atoms with van der Waals surface area (Å²) < 4.78 is 10.1. The second kappa shape index (κ2) is 6.66. The molecule has 0 saturated heterocycles. The molecule has 0 aliphatic heterocycles. The Kier molecular flexibility index (Phi) is 6.24. The number of rotatable bonds is 5. The number of ether oxygens (including phenoxy) is 2. The van der Waals surface area contributed by atoms with E-state index in [0.29, 0.717) is 0 Å². The van der Waals surface area contributed by atoms with Gasteiger partial charge in [0.25, 0.3) is 0 Å². The third kappa shape index (κ3) is 7.53. The minimum absolute atomic E-state index is 0.0175. The van der Waals surface area contributed by atoms with Crippen molar-refractivity contribution in [3.63, 3.8) is 0 Å². The molecule has 0 aromatic carbocycles. The Morgan fingerprint density at radius 1 is 1.38 bits per heavy atom. The summed E-state index contributed by atoms with van der Waals surface area (Å²) in [5, 5.41) is 0. The van der Waals surface area contributed by atoms with Crippen LogP contribution in [0.25, 0.3) is 0 Å². The number of allylic oxidation sites excluding steroid dienone is 1. The zero-order valence-electron chi connectivity index (χ0n) is 8.74. The van der Waals surface area contributed by atoms with Gasteiger partial charge in [0.15, 0.2) is 0 Å². The monoisotopic (exact) mass is 186 g/mol. The second-order valence-corrected chi connectivity index (χ2v) is 3.08. The van der Waals surface area contributed by atoms with E-state index in [-0.39, 0.29) is 24.8 Å². The first-order valence-electron chi connectivity index (χ1n) is 4.50. The third-order valence-electron chi connectivity index (χ3n) is 1.29. The van der Waals surface area contributed by atoms with Gasteiger partial charge in [-0.25, -0.2) is 4.79 Å². The largest absolute Gasteiger partial charge is 0.461 e. The van der Waals surface area contributed by atoms with Gasteiger partial charge in [-0.2, -0.15) is 0 Å². The maximum Gasteiger partial charge on any atom is 0.332 e. The van der Waals surface area contributed by atoms with Gasteiger partial charge in [0.05, 0.1) is 12.2 Å². The van der Waals surface area contributed by atoms with Crippen LogP contribution in [0, 0.1) is 0 Å². The van der Waals surface area contributed by atoms with Crippen molar-refractivity contribution in [1.29, 1.82) is 0 Å². The summed E-state index contributed by atoms with van der Waals surface area (Å²) in [7, 11) is 0. The fourth-order valence-corrected chi connectivity index (χ4v) is 0.823. The summed E-state index contributed by atoms with van der Waals surface area (Å²) in [6.07, 6.45) is 3.65. The lowest BCUT2D eigenvalue weighted by Gasteiger charge is -2.10. The quantitative estimate of drug-likeness (QED) is 0.486. The highest BCUT2D eigenvalue weighted by Gasteiger charge is 2.06. The lowest BCUT2D eigenvalue weighted by Crippen LogP contribution is -2.19. The summed E-state index contributed by atoms with van der Waals surface area (Å²) in [6, 6.07) is 0. The standard InChI is InChI=1S/C10H18O3/c1-5-6-9(4)12-7-10(11)13-8(2)3/h5-6,8-9H,7H2,1-4H3/b6-5+/t9-/m0/s1. The Hall–Kier alpha value is -0.830. The van der Waals surface area contributed by atoms with Crippen LogP contribution in [-0.2, 0) is 14.3 Å². The van der Waals surface area contributed by atoms with E-state index < -0.39 is 0 Å².